The van der Waals surface area contributed by atoms with Crippen LogP contribution in [0.1, 0.15) is 52.7 Å². The topological polar surface area (TPSA) is 6.48 Å². The van der Waals surface area contributed by atoms with Gasteiger partial charge in [0.2, 0.25) is 0 Å². The van der Waals surface area contributed by atoms with E-state index in [-0.39, 0.29) is 17.5 Å². The van der Waals surface area contributed by atoms with E-state index < -0.39 is 0 Å². The van der Waals surface area contributed by atoms with E-state index in [9.17, 15) is 0 Å². The number of fused-ring (bicyclic) bond motifs is 4. The molecule has 0 unspecified atom stereocenters. The highest BCUT2D eigenvalue weighted by Gasteiger charge is 2.45. The van der Waals surface area contributed by atoms with Crippen LogP contribution in [0.2, 0.25) is 0 Å². The van der Waals surface area contributed by atoms with Crippen molar-refractivity contribution in [3.05, 3.63) is 248 Å². The molecule has 0 saturated heterocycles. The van der Waals surface area contributed by atoms with Gasteiger partial charge in [0.25, 0.3) is 6.71 Å². The Balaban J connectivity index is 1.21. The lowest BCUT2D eigenvalue weighted by molar-refractivity contribution is 0.592. The Morgan fingerprint density at radius 1 is 0.282 bits per heavy atom. The maximum absolute atomic E-state index is 2.58. The standard InChI is InChI=1S/C68H57BN2/c1-67(2,3)58-44-60-62(42-56(58)51-28-18-10-19-29-51)70(54-36-32-49(33-37-54)46-22-12-7-13-23-46)64-40-53(48-26-16-9-17-27-48)41-65-66(64)69(60)61-45-59(68(4,5)6)57(52-30-20-11-21-31-52)43-63(61)71(65)55-38-34-50(35-39-55)47-24-14-8-15-25-47/h7-45H,1-6H3. The van der Waals surface area contributed by atoms with Gasteiger partial charge in [-0.25, -0.2) is 0 Å². The van der Waals surface area contributed by atoms with E-state index in [0.717, 1.165) is 11.4 Å². The minimum Gasteiger partial charge on any atom is -0.311 e. The first-order chi connectivity index (χ1) is 34.5. The molecule has 0 bridgehead atoms. The SMILES string of the molecule is CC(C)(C)c1cc2c(cc1-c1ccccc1)N(c1ccc(-c3ccccc3)cc1)c1cc(-c3ccccc3)cc3c1B2c1cc(C(C)(C)C)c(-c2ccccc2)cc1N3c1ccc(-c2ccccc2)cc1. The monoisotopic (exact) mass is 912 g/mol. The van der Waals surface area contributed by atoms with E-state index in [1.807, 2.05) is 0 Å². The second kappa shape index (κ2) is 17.4. The molecule has 2 aliphatic heterocycles. The molecule has 0 spiro atoms. The molecule has 2 nitrogen and oxygen atoms in total. The third kappa shape index (κ3) is 7.87. The molecule has 71 heavy (non-hydrogen) atoms. The zero-order valence-corrected chi connectivity index (χ0v) is 41.5. The maximum atomic E-state index is 2.58. The molecular formula is C68H57BN2. The summed E-state index contributed by atoms with van der Waals surface area (Å²) in [5, 5.41) is 0. The predicted octanol–water partition coefficient (Wildman–Crippen LogP) is 16.7. The molecule has 0 aromatic heterocycles. The summed E-state index contributed by atoms with van der Waals surface area (Å²) in [6.45, 7) is 14.1. The van der Waals surface area contributed by atoms with Crippen molar-refractivity contribution < 1.29 is 0 Å². The number of benzene rings is 10. The number of hydrogen-bond acceptors (Lipinski definition) is 2. The highest BCUT2D eigenvalue weighted by molar-refractivity contribution is 7.00. The van der Waals surface area contributed by atoms with Crippen molar-refractivity contribution in [2.75, 3.05) is 9.80 Å². The predicted molar refractivity (Wildman–Crippen MR) is 305 cm³/mol. The molecule has 10 aromatic rings. The van der Waals surface area contributed by atoms with E-state index in [1.165, 1.54) is 106 Å². The summed E-state index contributed by atoms with van der Waals surface area (Å²) in [7, 11) is 0. The molecular weight excluding hydrogens is 856 g/mol. The Morgan fingerprint density at radius 3 is 0.901 bits per heavy atom. The fourth-order valence-corrected chi connectivity index (χ4v) is 11.3. The number of rotatable bonds is 7. The minimum absolute atomic E-state index is 0.0774. The van der Waals surface area contributed by atoms with Gasteiger partial charge in [0.1, 0.15) is 0 Å². The fourth-order valence-electron chi connectivity index (χ4n) is 11.3. The van der Waals surface area contributed by atoms with Crippen molar-refractivity contribution in [2.24, 2.45) is 0 Å². The van der Waals surface area contributed by atoms with Crippen LogP contribution in [0.5, 0.6) is 0 Å². The van der Waals surface area contributed by atoms with Crippen LogP contribution >= 0.6 is 0 Å². The van der Waals surface area contributed by atoms with Gasteiger partial charge < -0.3 is 9.80 Å². The van der Waals surface area contributed by atoms with Crippen LogP contribution in [0.3, 0.4) is 0 Å². The maximum Gasteiger partial charge on any atom is 0.252 e. The Bertz CT molecular complexity index is 3340. The summed E-state index contributed by atoms with van der Waals surface area (Å²) < 4.78 is 0. The largest absolute Gasteiger partial charge is 0.311 e. The van der Waals surface area contributed by atoms with Gasteiger partial charge in [0.05, 0.1) is 0 Å². The molecule has 2 aliphatic rings. The number of hydrogen-bond donors (Lipinski definition) is 0. The van der Waals surface area contributed by atoms with Gasteiger partial charge in [-0.3, -0.25) is 0 Å². The van der Waals surface area contributed by atoms with Crippen molar-refractivity contribution in [1.82, 2.24) is 0 Å². The van der Waals surface area contributed by atoms with Gasteiger partial charge in [-0.2, -0.15) is 0 Å². The Labute approximate surface area is 420 Å². The van der Waals surface area contributed by atoms with E-state index in [1.54, 1.807) is 0 Å². The Morgan fingerprint density at radius 2 is 0.577 bits per heavy atom. The highest BCUT2D eigenvalue weighted by Crippen LogP contribution is 2.50. The van der Waals surface area contributed by atoms with Gasteiger partial charge in [0.15, 0.2) is 0 Å². The zero-order valence-electron chi connectivity index (χ0n) is 41.5. The molecule has 0 atom stereocenters. The number of anilines is 6. The first-order valence-corrected chi connectivity index (χ1v) is 25.1. The summed E-state index contributed by atoms with van der Waals surface area (Å²) in [5.41, 5.74) is 25.5. The molecule has 342 valence electrons. The van der Waals surface area contributed by atoms with Gasteiger partial charge in [-0.15, -0.1) is 0 Å². The minimum atomic E-state index is -0.152. The first-order valence-electron chi connectivity index (χ1n) is 25.1. The van der Waals surface area contributed by atoms with E-state index in [0.29, 0.717) is 0 Å². The lowest BCUT2D eigenvalue weighted by Crippen LogP contribution is -2.61. The first kappa shape index (κ1) is 44.1. The van der Waals surface area contributed by atoms with Crippen LogP contribution in [-0.4, -0.2) is 6.71 Å². The van der Waals surface area contributed by atoms with E-state index >= 15 is 0 Å². The van der Waals surface area contributed by atoms with Gasteiger partial charge >= 0.3 is 0 Å². The average Bonchev–Trinajstić information content (AvgIpc) is 3.41. The van der Waals surface area contributed by atoms with Crippen LogP contribution in [0, 0.1) is 0 Å². The normalized spacial score (nSPS) is 12.8. The summed E-state index contributed by atoms with van der Waals surface area (Å²) in [6.07, 6.45) is 0. The summed E-state index contributed by atoms with van der Waals surface area (Å²) in [6, 6.07) is 88.1. The van der Waals surface area contributed by atoms with E-state index in [2.05, 4.69) is 288 Å². The second-order valence-corrected chi connectivity index (χ2v) is 21.4. The Hall–Kier alpha value is -8.14. The molecule has 0 fully saturated rings. The van der Waals surface area contributed by atoms with Crippen molar-refractivity contribution in [3.63, 3.8) is 0 Å². The van der Waals surface area contributed by atoms with Crippen LogP contribution in [0.15, 0.2) is 237 Å². The number of nitrogens with zero attached hydrogens (tertiary/aromatic N) is 2. The third-order valence-corrected chi connectivity index (χ3v) is 14.7. The lowest BCUT2D eigenvalue weighted by atomic mass is 9.33. The molecule has 3 heteroatoms. The average molecular weight is 913 g/mol. The van der Waals surface area contributed by atoms with Gasteiger partial charge in [-0.05, 0) is 143 Å². The molecule has 2 heterocycles. The summed E-state index contributed by atoms with van der Waals surface area (Å²) >= 11 is 0. The molecule has 0 saturated carbocycles. The van der Waals surface area contributed by atoms with Crippen molar-refractivity contribution in [3.8, 4) is 55.6 Å². The van der Waals surface area contributed by atoms with Gasteiger partial charge in [0, 0.05) is 34.1 Å². The summed E-state index contributed by atoms with van der Waals surface area (Å²) in [4.78, 5) is 5.16. The van der Waals surface area contributed by atoms with Crippen LogP contribution in [0.4, 0.5) is 34.1 Å². The van der Waals surface area contributed by atoms with Crippen molar-refractivity contribution in [1.29, 1.82) is 0 Å². The molecule has 0 amide bonds. The quantitative estimate of drug-likeness (QED) is 0.147. The molecule has 0 aliphatic carbocycles. The second-order valence-electron chi connectivity index (χ2n) is 21.4. The fraction of sp³-hybridized carbons (Fsp3) is 0.118. The molecule has 10 aromatic carbocycles. The zero-order chi connectivity index (χ0) is 48.4. The smallest absolute Gasteiger partial charge is 0.252 e. The third-order valence-electron chi connectivity index (χ3n) is 14.7. The summed E-state index contributed by atoms with van der Waals surface area (Å²) in [5.74, 6) is 0. The molecule has 0 radical (unpaired) electrons. The van der Waals surface area contributed by atoms with Gasteiger partial charge in [-0.1, -0.05) is 230 Å². The van der Waals surface area contributed by atoms with Crippen LogP contribution in [0.25, 0.3) is 55.6 Å². The highest BCUT2D eigenvalue weighted by atomic mass is 15.2. The Kier molecular flexibility index (Phi) is 10.8. The van der Waals surface area contributed by atoms with E-state index in [4.69, 9.17) is 0 Å². The van der Waals surface area contributed by atoms with Crippen molar-refractivity contribution >= 4 is 57.2 Å². The van der Waals surface area contributed by atoms with Crippen LogP contribution < -0.4 is 26.2 Å². The molecule has 0 N–H and O–H groups in total. The molecule has 12 rings (SSSR count). The lowest BCUT2D eigenvalue weighted by Gasteiger charge is -2.46. The van der Waals surface area contributed by atoms with Crippen LogP contribution in [-0.2, 0) is 10.8 Å². The van der Waals surface area contributed by atoms with Crippen molar-refractivity contribution in [2.45, 2.75) is 52.4 Å².